The van der Waals surface area contributed by atoms with Gasteiger partial charge < -0.3 is 10.6 Å². The van der Waals surface area contributed by atoms with Gasteiger partial charge in [-0.25, -0.2) is 4.98 Å². The second-order valence-electron chi connectivity index (χ2n) is 5.37. The van der Waals surface area contributed by atoms with Crippen LogP contribution >= 0.6 is 11.6 Å². The molecule has 0 aromatic carbocycles. The molecule has 0 atom stereocenters. The number of hydrogen-bond acceptors (Lipinski definition) is 2. The van der Waals surface area contributed by atoms with Gasteiger partial charge in [-0.2, -0.15) is 0 Å². The third kappa shape index (κ3) is 4.76. The van der Waals surface area contributed by atoms with Gasteiger partial charge in [-0.15, -0.1) is 0 Å². The maximum Gasteiger partial charge on any atom is 0.254 e. The lowest BCUT2D eigenvalue weighted by Gasteiger charge is -2.19. The Morgan fingerprint density at radius 2 is 2.20 bits per heavy atom. The maximum atomic E-state index is 11.9. The number of rotatable bonds is 6. The van der Waals surface area contributed by atoms with E-state index in [4.69, 9.17) is 11.6 Å². The molecule has 1 heterocycles. The van der Waals surface area contributed by atoms with Crippen LogP contribution in [0.25, 0.3) is 0 Å². The summed E-state index contributed by atoms with van der Waals surface area (Å²) in [6, 6.07) is 4.21. The molecule has 0 radical (unpaired) electrons. The van der Waals surface area contributed by atoms with Gasteiger partial charge in [-0.1, -0.05) is 18.0 Å². The summed E-state index contributed by atoms with van der Waals surface area (Å²) >= 11 is 5.88. The Hall–Kier alpha value is -1.13. The molecule has 4 nitrogen and oxygen atoms in total. The first-order valence-corrected chi connectivity index (χ1v) is 7.87. The van der Waals surface area contributed by atoms with E-state index in [0.717, 1.165) is 19.0 Å². The lowest BCUT2D eigenvalue weighted by molar-refractivity contribution is -0.691. The monoisotopic (exact) mass is 296 g/mol. The molecule has 1 amide bonds. The molecule has 0 bridgehead atoms. The molecule has 5 heteroatoms. The number of pyridine rings is 1. The molecule has 0 spiro atoms. The number of carbonyl (C=O) groups excluding carboxylic acids is 1. The first-order valence-electron chi connectivity index (χ1n) is 7.49. The van der Waals surface area contributed by atoms with E-state index in [9.17, 15) is 4.79 Å². The van der Waals surface area contributed by atoms with Crippen molar-refractivity contribution in [3.8, 4) is 0 Å². The summed E-state index contributed by atoms with van der Waals surface area (Å²) in [7, 11) is 0. The molecule has 1 saturated carbocycles. The Kier molecular flexibility index (Phi) is 6.27. The van der Waals surface area contributed by atoms with Crippen molar-refractivity contribution in [2.45, 2.75) is 44.6 Å². The van der Waals surface area contributed by atoms with Crippen molar-refractivity contribution >= 4 is 17.5 Å². The molecular weight excluding hydrogens is 274 g/mol. The van der Waals surface area contributed by atoms with Gasteiger partial charge in [0.25, 0.3) is 5.91 Å². The zero-order valence-electron chi connectivity index (χ0n) is 11.8. The number of aromatic nitrogens is 1. The summed E-state index contributed by atoms with van der Waals surface area (Å²) < 4.78 is 0. The summed E-state index contributed by atoms with van der Waals surface area (Å²) in [5.74, 6) is -0.138. The molecule has 1 aliphatic rings. The highest BCUT2D eigenvalue weighted by Gasteiger charge is 2.15. The SMILES string of the molecule is O=C(NCCC[NH2+]C1CCCCC1)c1cccnc1Cl. The van der Waals surface area contributed by atoms with Crippen molar-refractivity contribution in [2.24, 2.45) is 0 Å². The van der Waals surface area contributed by atoms with Crippen LogP contribution in [-0.2, 0) is 0 Å². The maximum absolute atomic E-state index is 11.9. The van der Waals surface area contributed by atoms with E-state index in [1.165, 1.54) is 32.1 Å². The van der Waals surface area contributed by atoms with Crippen molar-refractivity contribution in [3.63, 3.8) is 0 Å². The molecule has 0 unspecified atom stereocenters. The standard InChI is InChI=1S/C15H22ClN3O/c16-14-13(8-4-9-18-14)15(20)19-11-5-10-17-12-6-2-1-3-7-12/h4,8-9,12,17H,1-3,5-7,10-11H2,(H,19,20)/p+1. The molecule has 1 aromatic heterocycles. The summed E-state index contributed by atoms with van der Waals surface area (Å²) in [5, 5.41) is 5.59. The van der Waals surface area contributed by atoms with Crippen LogP contribution in [0.15, 0.2) is 18.3 Å². The number of nitrogens with two attached hydrogens (primary N) is 1. The van der Waals surface area contributed by atoms with Crippen LogP contribution in [0.5, 0.6) is 0 Å². The Morgan fingerprint density at radius 3 is 2.95 bits per heavy atom. The first-order chi connectivity index (χ1) is 9.77. The summed E-state index contributed by atoms with van der Waals surface area (Å²) in [5.41, 5.74) is 0.449. The third-order valence-electron chi connectivity index (χ3n) is 3.82. The van der Waals surface area contributed by atoms with Crippen LogP contribution in [0.4, 0.5) is 0 Å². The summed E-state index contributed by atoms with van der Waals surface area (Å²) in [6.07, 6.45) is 9.40. The van der Waals surface area contributed by atoms with Crippen molar-refractivity contribution in [2.75, 3.05) is 13.1 Å². The quantitative estimate of drug-likeness (QED) is 0.621. The van der Waals surface area contributed by atoms with Crippen molar-refractivity contribution in [3.05, 3.63) is 29.0 Å². The molecule has 2 rings (SSSR count). The van der Waals surface area contributed by atoms with Gasteiger partial charge in [0.15, 0.2) is 0 Å². The van der Waals surface area contributed by atoms with E-state index in [-0.39, 0.29) is 11.1 Å². The second kappa shape index (κ2) is 8.22. The van der Waals surface area contributed by atoms with Gasteiger partial charge in [0.1, 0.15) is 5.15 Å². The number of nitrogens with one attached hydrogen (secondary N) is 1. The number of carbonyl (C=O) groups is 1. The van der Waals surface area contributed by atoms with Crippen LogP contribution in [-0.4, -0.2) is 30.0 Å². The average molecular weight is 297 g/mol. The fourth-order valence-electron chi connectivity index (χ4n) is 2.68. The Bertz CT molecular complexity index is 433. The highest BCUT2D eigenvalue weighted by atomic mass is 35.5. The number of hydrogen-bond donors (Lipinski definition) is 2. The molecule has 1 aliphatic carbocycles. The van der Waals surface area contributed by atoms with Gasteiger partial charge in [-0.3, -0.25) is 4.79 Å². The lowest BCUT2D eigenvalue weighted by Crippen LogP contribution is -2.90. The largest absolute Gasteiger partial charge is 0.352 e. The minimum absolute atomic E-state index is 0.138. The van der Waals surface area contributed by atoms with E-state index >= 15 is 0 Å². The molecule has 1 fully saturated rings. The predicted octanol–water partition coefficient (Wildman–Crippen LogP) is 1.75. The summed E-state index contributed by atoms with van der Waals surface area (Å²) in [6.45, 7) is 1.76. The van der Waals surface area contributed by atoms with Crippen molar-refractivity contribution in [1.82, 2.24) is 10.3 Å². The number of halogens is 1. The van der Waals surface area contributed by atoms with Gasteiger partial charge in [0.05, 0.1) is 18.2 Å². The highest BCUT2D eigenvalue weighted by molar-refractivity contribution is 6.32. The van der Waals surface area contributed by atoms with Crippen LogP contribution in [0.3, 0.4) is 0 Å². The van der Waals surface area contributed by atoms with Crippen molar-refractivity contribution in [1.29, 1.82) is 0 Å². The molecule has 0 aliphatic heterocycles. The number of quaternary nitrogens is 1. The molecule has 110 valence electrons. The molecule has 1 aromatic rings. The minimum atomic E-state index is -0.138. The van der Waals surface area contributed by atoms with Crippen LogP contribution in [0, 0.1) is 0 Å². The number of nitrogens with zero attached hydrogens (tertiary/aromatic N) is 1. The zero-order chi connectivity index (χ0) is 14.2. The fourth-order valence-corrected chi connectivity index (χ4v) is 2.88. The first kappa shape index (κ1) is 15.3. The summed E-state index contributed by atoms with van der Waals surface area (Å²) in [4.78, 5) is 15.8. The van der Waals surface area contributed by atoms with Gasteiger partial charge in [-0.05, 0) is 37.8 Å². The molecule has 20 heavy (non-hydrogen) atoms. The van der Waals surface area contributed by atoms with E-state index in [1.807, 2.05) is 0 Å². The minimum Gasteiger partial charge on any atom is -0.352 e. The zero-order valence-corrected chi connectivity index (χ0v) is 12.5. The normalized spacial score (nSPS) is 16.1. The highest BCUT2D eigenvalue weighted by Crippen LogP contribution is 2.14. The van der Waals surface area contributed by atoms with Crippen LogP contribution < -0.4 is 10.6 Å². The Morgan fingerprint density at radius 1 is 1.40 bits per heavy atom. The van der Waals surface area contributed by atoms with Gasteiger partial charge in [0, 0.05) is 19.2 Å². The topological polar surface area (TPSA) is 58.6 Å². The Balaban J connectivity index is 1.61. The van der Waals surface area contributed by atoms with Crippen molar-refractivity contribution < 1.29 is 10.1 Å². The smallest absolute Gasteiger partial charge is 0.254 e. The van der Waals surface area contributed by atoms with E-state index in [0.29, 0.717) is 12.1 Å². The van der Waals surface area contributed by atoms with Crippen LogP contribution in [0.1, 0.15) is 48.9 Å². The van der Waals surface area contributed by atoms with Gasteiger partial charge in [0.2, 0.25) is 0 Å². The fraction of sp³-hybridized carbons (Fsp3) is 0.600. The third-order valence-corrected chi connectivity index (χ3v) is 4.12. The lowest BCUT2D eigenvalue weighted by atomic mass is 9.95. The Labute approximate surface area is 125 Å². The van der Waals surface area contributed by atoms with E-state index < -0.39 is 0 Å². The van der Waals surface area contributed by atoms with E-state index in [1.54, 1.807) is 18.3 Å². The molecular formula is C15H23ClN3O+. The predicted molar refractivity (Wildman–Crippen MR) is 79.9 cm³/mol. The average Bonchev–Trinajstić information content (AvgIpc) is 2.48. The molecule has 0 saturated heterocycles. The van der Waals surface area contributed by atoms with E-state index in [2.05, 4.69) is 15.6 Å². The van der Waals surface area contributed by atoms with Gasteiger partial charge >= 0.3 is 0 Å². The molecule has 3 N–H and O–H groups in total. The van der Waals surface area contributed by atoms with Crippen LogP contribution in [0.2, 0.25) is 5.15 Å². The second-order valence-corrected chi connectivity index (χ2v) is 5.73. The number of amides is 1.